The molecule has 0 bridgehead atoms. The van der Waals surface area contributed by atoms with Crippen LogP contribution in [0.3, 0.4) is 0 Å². The maximum atomic E-state index is 11.7. The molecule has 3 aromatic carbocycles. The Labute approximate surface area is 228 Å². The predicted molar refractivity (Wildman–Crippen MR) is 158 cm³/mol. The van der Waals surface area contributed by atoms with Gasteiger partial charge in [0.1, 0.15) is 5.82 Å². The fourth-order valence-corrected chi connectivity index (χ4v) is 5.13. The summed E-state index contributed by atoms with van der Waals surface area (Å²) in [7, 11) is 0.821. The number of fused-ring (bicyclic) bond motifs is 1. The van der Waals surface area contributed by atoms with Crippen molar-refractivity contribution in [2.75, 3.05) is 28.8 Å². The molecule has 0 spiro atoms. The number of aromatic nitrogens is 4. The van der Waals surface area contributed by atoms with Crippen LogP contribution in [0.1, 0.15) is 16.7 Å². The summed E-state index contributed by atoms with van der Waals surface area (Å²) in [6, 6.07) is 23.7. The number of sulfone groups is 1. The number of hydrogen-bond acceptors (Lipinski definition) is 8. The summed E-state index contributed by atoms with van der Waals surface area (Å²) in [4.78, 5) is 15.8. The molecule has 5 rings (SSSR count). The second kappa shape index (κ2) is 10.7. The second-order valence-corrected chi connectivity index (χ2v) is 11.8. The van der Waals surface area contributed by atoms with Gasteiger partial charge in [-0.05, 0) is 54.4 Å². The summed E-state index contributed by atoms with van der Waals surface area (Å²) < 4.78 is 25.4. The first kappa shape index (κ1) is 26.2. The fourth-order valence-electron chi connectivity index (χ4n) is 4.34. The first-order valence-corrected chi connectivity index (χ1v) is 14.6. The van der Waals surface area contributed by atoms with Crippen molar-refractivity contribution in [1.29, 1.82) is 0 Å². The van der Waals surface area contributed by atoms with Crippen molar-refractivity contribution in [1.82, 2.24) is 19.5 Å². The van der Waals surface area contributed by atoms with Gasteiger partial charge in [-0.3, -0.25) is 0 Å². The zero-order valence-electron chi connectivity index (χ0n) is 22.4. The van der Waals surface area contributed by atoms with Crippen LogP contribution in [0.5, 0.6) is 0 Å². The van der Waals surface area contributed by atoms with Gasteiger partial charge in [0, 0.05) is 44.5 Å². The van der Waals surface area contributed by atoms with Crippen LogP contribution in [0, 0.1) is 6.92 Å². The molecule has 0 saturated heterocycles. The highest BCUT2D eigenvalue weighted by Gasteiger charge is 2.13. The van der Waals surface area contributed by atoms with E-state index in [1.54, 1.807) is 18.3 Å². The standard InChI is InChI=1S/C29H31N7O2S/c1-20-8-10-21(11-9-20)18-31-29-33-25-17-24(12-13-26(25)36(29)3)35(2)27-14-15-30-28(34-27)32-23-7-5-6-22(16-23)19-39(4,37)38/h5-17H,18-19H2,1-4H3,(H,31,33)(H,30,32,34). The van der Waals surface area contributed by atoms with E-state index in [0.717, 1.165) is 28.4 Å². The Hall–Kier alpha value is -4.44. The second-order valence-electron chi connectivity index (χ2n) is 9.70. The third-order valence-corrected chi connectivity index (χ3v) is 7.28. The van der Waals surface area contributed by atoms with Gasteiger partial charge in [-0.25, -0.2) is 18.4 Å². The summed E-state index contributed by atoms with van der Waals surface area (Å²) in [6.45, 7) is 2.77. The van der Waals surface area contributed by atoms with Crippen molar-refractivity contribution < 1.29 is 8.42 Å². The zero-order valence-corrected chi connectivity index (χ0v) is 23.2. The third kappa shape index (κ3) is 6.35. The maximum Gasteiger partial charge on any atom is 0.229 e. The van der Waals surface area contributed by atoms with Crippen LogP contribution in [0.25, 0.3) is 11.0 Å². The fraction of sp³-hybridized carbons (Fsp3) is 0.207. The molecule has 2 N–H and O–H groups in total. The van der Waals surface area contributed by atoms with Gasteiger partial charge in [0.05, 0.1) is 16.8 Å². The van der Waals surface area contributed by atoms with E-state index in [2.05, 4.69) is 62.4 Å². The van der Waals surface area contributed by atoms with Gasteiger partial charge in [0.25, 0.3) is 0 Å². The van der Waals surface area contributed by atoms with Crippen LogP contribution < -0.4 is 15.5 Å². The molecule has 0 unspecified atom stereocenters. The minimum Gasteiger partial charge on any atom is -0.352 e. The molecule has 0 amide bonds. The van der Waals surface area contributed by atoms with Gasteiger partial charge in [0.15, 0.2) is 9.84 Å². The van der Waals surface area contributed by atoms with Crippen molar-refractivity contribution in [2.24, 2.45) is 7.05 Å². The summed E-state index contributed by atoms with van der Waals surface area (Å²) in [5, 5.41) is 6.62. The number of benzene rings is 3. The van der Waals surface area contributed by atoms with Crippen LogP contribution in [0.15, 0.2) is 79.0 Å². The largest absolute Gasteiger partial charge is 0.352 e. The van der Waals surface area contributed by atoms with E-state index in [-0.39, 0.29) is 5.75 Å². The van der Waals surface area contributed by atoms with Crippen molar-refractivity contribution in [3.8, 4) is 0 Å². The smallest absolute Gasteiger partial charge is 0.229 e. The molecule has 0 aliphatic heterocycles. The maximum absolute atomic E-state index is 11.7. The molecular formula is C29H31N7O2S. The number of anilines is 5. The van der Waals surface area contributed by atoms with Gasteiger partial charge in [0.2, 0.25) is 11.9 Å². The first-order valence-electron chi connectivity index (χ1n) is 12.5. The Morgan fingerprint density at radius 2 is 1.74 bits per heavy atom. The van der Waals surface area contributed by atoms with E-state index in [9.17, 15) is 8.42 Å². The van der Waals surface area contributed by atoms with Gasteiger partial charge in [-0.1, -0.05) is 42.0 Å². The van der Waals surface area contributed by atoms with E-state index in [0.29, 0.717) is 23.9 Å². The van der Waals surface area contributed by atoms with E-state index in [1.165, 1.54) is 17.4 Å². The minimum absolute atomic E-state index is 0.0225. The number of imidazole rings is 1. The Morgan fingerprint density at radius 1 is 0.949 bits per heavy atom. The Morgan fingerprint density at radius 3 is 2.51 bits per heavy atom. The number of nitrogens with one attached hydrogen (secondary N) is 2. The minimum atomic E-state index is -3.13. The molecule has 2 aromatic heterocycles. The monoisotopic (exact) mass is 541 g/mol. The number of rotatable bonds is 9. The molecule has 39 heavy (non-hydrogen) atoms. The van der Waals surface area contributed by atoms with Crippen molar-refractivity contribution >= 4 is 50.0 Å². The molecule has 5 aromatic rings. The predicted octanol–water partition coefficient (Wildman–Crippen LogP) is 5.34. The number of nitrogens with zero attached hydrogens (tertiary/aromatic N) is 5. The van der Waals surface area contributed by atoms with Crippen LogP contribution in [-0.2, 0) is 29.2 Å². The Kier molecular flexibility index (Phi) is 7.21. The van der Waals surface area contributed by atoms with Crippen LogP contribution in [0.2, 0.25) is 0 Å². The molecule has 9 nitrogen and oxygen atoms in total. The molecule has 0 saturated carbocycles. The number of hydrogen-bond donors (Lipinski definition) is 2. The van der Waals surface area contributed by atoms with Gasteiger partial charge >= 0.3 is 0 Å². The van der Waals surface area contributed by atoms with E-state index < -0.39 is 9.84 Å². The summed E-state index contributed by atoms with van der Waals surface area (Å²) >= 11 is 0. The van der Waals surface area contributed by atoms with E-state index in [1.807, 2.05) is 49.3 Å². The molecule has 0 atom stereocenters. The quantitative estimate of drug-likeness (QED) is 0.258. The highest BCUT2D eigenvalue weighted by molar-refractivity contribution is 7.89. The normalized spacial score (nSPS) is 11.5. The molecule has 10 heteroatoms. The van der Waals surface area contributed by atoms with E-state index in [4.69, 9.17) is 4.98 Å². The van der Waals surface area contributed by atoms with Gasteiger partial charge in [-0.15, -0.1) is 0 Å². The number of aryl methyl sites for hydroxylation is 2. The van der Waals surface area contributed by atoms with Gasteiger partial charge in [-0.2, -0.15) is 4.98 Å². The average Bonchev–Trinajstić information content (AvgIpc) is 3.22. The third-order valence-electron chi connectivity index (χ3n) is 6.42. The molecule has 0 fully saturated rings. The lowest BCUT2D eigenvalue weighted by Gasteiger charge is -2.19. The van der Waals surface area contributed by atoms with Crippen LogP contribution >= 0.6 is 0 Å². The van der Waals surface area contributed by atoms with Crippen molar-refractivity contribution in [3.05, 3.63) is 95.7 Å². The lowest BCUT2D eigenvalue weighted by atomic mass is 10.1. The summed E-state index contributed by atoms with van der Waals surface area (Å²) in [5.41, 5.74) is 6.70. The van der Waals surface area contributed by atoms with Gasteiger partial charge < -0.3 is 20.1 Å². The SMILES string of the molecule is Cc1ccc(CNc2nc3cc(N(C)c4ccnc(Nc5cccc(CS(C)(=O)=O)c5)n4)ccc3n2C)cc1. The topological polar surface area (TPSA) is 105 Å². The van der Waals surface area contributed by atoms with Crippen LogP contribution in [0.4, 0.5) is 29.1 Å². The van der Waals surface area contributed by atoms with E-state index >= 15 is 0 Å². The van der Waals surface area contributed by atoms with Crippen molar-refractivity contribution in [2.45, 2.75) is 19.2 Å². The zero-order chi connectivity index (χ0) is 27.6. The highest BCUT2D eigenvalue weighted by Crippen LogP contribution is 2.28. The first-order chi connectivity index (χ1) is 18.6. The lowest BCUT2D eigenvalue weighted by Crippen LogP contribution is -2.12. The Bertz CT molecular complexity index is 1730. The van der Waals surface area contributed by atoms with Crippen molar-refractivity contribution in [3.63, 3.8) is 0 Å². The lowest BCUT2D eigenvalue weighted by molar-refractivity contribution is 0.601. The average molecular weight is 542 g/mol. The molecule has 0 aliphatic rings. The molecular weight excluding hydrogens is 510 g/mol. The molecule has 0 aliphatic carbocycles. The molecule has 0 radical (unpaired) electrons. The molecule has 200 valence electrons. The summed E-state index contributed by atoms with van der Waals surface area (Å²) in [6.07, 6.45) is 2.91. The highest BCUT2D eigenvalue weighted by atomic mass is 32.2. The van der Waals surface area contributed by atoms with Crippen LogP contribution in [-0.4, -0.2) is 41.2 Å². The Balaban J connectivity index is 1.33. The summed E-state index contributed by atoms with van der Waals surface area (Å²) in [5.74, 6) is 1.90. The molecule has 2 heterocycles.